The number of aryl methyl sites for hydroxylation is 1. The van der Waals surface area contributed by atoms with Crippen LogP contribution in [-0.4, -0.2) is 32.7 Å². The van der Waals surface area contributed by atoms with E-state index in [0.29, 0.717) is 11.5 Å². The first-order valence-corrected chi connectivity index (χ1v) is 7.00. The van der Waals surface area contributed by atoms with Gasteiger partial charge in [0.15, 0.2) is 11.5 Å². The van der Waals surface area contributed by atoms with Crippen molar-refractivity contribution < 1.29 is 4.79 Å². The molecule has 3 aromatic rings. The Morgan fingerprint density at radius 2 is 2.25 bits per heavy atom. The van der Waals surface area contributed by atoms with Crippen LogP contribution in [0.1, 0.15) is 15.4 Å². The number of fused-ring (bicyclic) bond motifs is 1. The van der Waals surface area contributed by atoms with Gasteiger partial charge < -0.3 is 5.32 Å². The molecule has 20 heavy (non-hydrogen) atoms. The van der Waals surface area contributed by atoms with Gasteiger partial charge in [-0.3, -0.25) is 4.79 Å². The van der Waals surface area contributed by atoms with Crippen LogP contribution in [0.2, 0.25) is 5.28 Å². The summed E-state index contributed by atoms with van der Waals surface area (Å²) < 4.78 is 1.53. The summed E-state index contributed by atoms with van der Waals surface area (Å²) in [6.07, 6.45) is 1.68. The van der Waals surface area contributed by atoms with Crippen molar-refractivity contribution in [3.8, 4) is 5.82 Å². The average molecular weight is 308 g/mol. The molecule has 0 saturated carbocycles. The van der Waals surface area contributed by atoms with Crippen LogP contribution in [0.4, 0.5) is 0 Å². The first kappa shape index (κ1) is 13.0. The SMILES string of the molecule is CNC(=O)c1ccn(-c2nc(Cl)nc3sc(C)cc23)n1. The summed E-state index contributed by atoms with van der Waals surface area (Å²) >= 11 is 7.48. The maximum atomic E-state index is 11.5. The Kier molecular flexibility index (Phi) is 3.15. The molecule has 0 atom stereocenters. The van der Waals surface area contributed by atoms with Crippen LogP contribution >= 0.6 is 22.9 Å². The molecule has 3 aromatic heterocycles. The minimum absolute atomic E-state index is 0.159. The van der Waals surface area contributed by atoms with E-state index in [2.05, 4.69) is 20.4 Å². The number of rotatable bonds is 2. The highest BCUT2D eigenvalue weighted by atomic mass is 35.5. The van der Waals surface area contributed by atoms with E-state index >= 15 is 0 Å². The monoisotopic (exact) mass is 307 g/mol. The molecule has 1 amide bonds. The van der Waals surface area contributed by atoms with E-state index in [4.69, 9.17) is 11.6 Å². The number of aromatic nitrogens is 4. The number of nitrogens with zero attached hydrogens (tertiary/aromatic N) is 4. The van der Waals surface area contributed by atoms with E-state index in [1.165, 1.54) is 16.0 Å². The summed E-state index contributed by atoms with van der Waals surface area (Å²) in [5.41, 5.74) is 0.322. The molecule has 0 aliphatic heterocycles. The maximum absolute atomic E-state index is 11.5. The molecular weight excluding hydrogens is 298 g/mol. The molecule has 6 nitrogen and oxygen atoms in total. The van der Waals surface area contributed by atoms with E-state index in [9.17, 15) is 4.79 Å². The fraction of sp³-hybridized carbons (Fsp3) is 0.167. The van der Waals surface area contributed by atoms with Gasteiger partial charge in [0, 0.05) is 18.1 Å². The number of carbonyl (C=O) groups is 1. The van der Waals surface area contributed by atoms with Gasteiger partial charge in [-0.15, -0.1) is 11.3 Å². The lowest BCUT2D eigenvalue weighted by atomic mass is 10.3. The van der Waals surface area contributed by atoms with Crippen LogP contribution in [0.5, 0.6) is 0 Å². The predicted octanol–water partition coefficient (Wildman–Crippen LogP) is 2.20. The van der Waals surface area contributed by atoms with Crippen LogP contribution < -0.4 is 5.32 Å². The Labute approximate surface area is 123 Å². The molecule has 3 heterocycles. The van der Waals surface area contributed by atoms with Gasteiger partial charge in [0.25, 0.3) is 5.91 Å². The van der Waals surface area contributed by atoms with Gasteiger partial charge in [0.1, 0.15) is 4.83 Å². The highest BCUT2D eigenvalue weighted by molar-refractivity contribution is 7.18. The van der Waals surface area contributed by atoms with Gasteiger partial charge in [0.05, 0.1) is 5.39 Å². The molecule has 0 aromatic carbocycles. The molecular formula is C12H10ClN5OS. The number of thiophene rings is 1. The minimum Gasteiger partial charge on any atom is -0.354 e. The number of hydrogen-bond donors (Lipinski definition) is 1. The van der Waals surface area contributed by atoms with Crippen LogP contribution in [0.3, 0.4) is 0 Å². The van der Waals surface area contributed by atoms with Crippen molar-refractivity contribution in [2.24, 2.45) is 0 Å². The Hall–Kier alpha value is -1.99. The van der Waals surface area contributed by atoms with Crippen molar-refractivity contribution in [3.63, 3.8) is 0 Å². The van der Waals surface area contributed by atoms with Crippen molar-refractivity contribution in [1.82, 2.24) is 25.1 Å². The van der Waals surface area contributed by atoms with Gasteiger partial charge in [0.2, 0.25) is 5.28 Å². The second-order valence-corrected chi connectivity index (χ2v) is 5.69. The van der Waals surface area contributed by atoms with Crippen molar-refractivity contribution in [3.05, 3.63) is 34.2 Å². The van der Waals surface area contributed by atoms with Crippen LogP contribution in [0.15, 0.2) is 18.3 Å². The fourth-order valence-corrected chi connectivity index (χ4v) is 2.96. The van der Waals surface area contributed by atoms with Crippen molar-refractivity contribution in [1.29, 1.82) is 0 Å². The molecule has 0 fully saturated rings. The molecule has 0 bridgehead atoms. The van der Waals surface area contributed by atoms with E-state index in [1.54, 1.807) is 19.3 Å². The van der Waals surface area contributed by atoms with Gasteiger partial charge in [-0.1, -0.05) is 0 Å². The largest absolute Gasteiger partial charge is 0.354 e. The zero-order chi connectivity index (χ0) is 14.3. The van der Waals surface area contributed by atoms with Crippen molar-refractivity contribution in [2.75, 3.05) is 7.05 Å². The summed E-state index contributed by atoms with van der Waals surface area (Å²) in [4.78, 5) is 21.9. The summed E-state index contributed by atoms with van der Waals surface area (Å²) in [6.45, 7) is 1.99. The molecule has 0 aliphatic carbocycles. The summed E-state index contributed by atoms with van der Waals surface area (Å²) in [6, 6.07) is 3.60. The van der Waals surface area contributed by atoms with Crippen molar-refractivity contribution in [2.45, 2.75) is 6.92 Å². The molecule has 0 aliphatic rings. The summed E-state index contributed by atoms with van der Waals surface area (Å²) in [7, 11) is 1.56. The zero-order valence-electron chi connectivity index (χ0n) is 10.7. The Morgan fingerprint density at radius 3 is 3.00 bits per heavy atom. The molecule has 0 spiro atoms. The molecule has 1 N–H and O–H groups in total. The summed E-state index contributed by atoms with van der Waals surface area (Å²) in [5.74, 6) is 0.321. The van der Waals surface area contributed by atoms with Crippen molar-refractivity contribution >= 4 is 39.1 Å². The molecule has 8 heteroatoms. The van der Waals surface area contributed by atoms with Crippen LogP contribution in [-0.2, 0) is 0 Å². The van der Waals surface area contributed by atoms with Gasteiger partial charge in [-0.2, -0.15) is 10.1 Å². The lowest BCUT2D eigenvalue weighted by molar-refractivity contribution is 0.0957. The number of carbonyl (C=O) groups excluding carboxylic acids is 1. The molecule has 0 radical (unpaired) electrons. The second-order valence-electron chi connectivity index (χ2n) is 4.12. The third-order valence-electron chi connectivity index (χ3n) is 2.73. The Balaban J connectivity index is 2.18. The average Bonchev–Trinajstić information content (AvgIpc) is 3.02. The topological polar surface area (TPSA) is 72.7 Å². The lowest BCUT2D eigenvalue weighted by Gasteiger charge is -2.02. The van der Waals surface area contributed by atoms with Crippen LogP contribution in [0.25, 0.3) is 16.0 Å². The number of hydrogen-bond acceptors (Lipinski definition) is 5. The number of amides is 1. The van der Waals surface area contributed by atoms with E-state index in [0.717, 1.165) is 15.1 Å². The second kappa shape index (κ2) is 4.84. The Morgan fingerprint density at radius 1 is 1.45 bits per heavy atom. The third kappa shape index (κ3) is 2.14. The fourth-order valence-electron chi connectivity index (χ4n) is 1.87. The van der Waals surface area contributed by atoms with Gasteiger partial charge in [-0.25, -0.2) is 9.67 Å². The zero-order valence-corrected chi connectivity index (χ0v) is 12.3. The quantitative estimate of drug-likeness (QED) is 0.737. The molecule has 102 valence electrons. The van der Waals surface area contributed by atoms with E-state index < -0.39 is 0 Å². The number of nitrogens with one attached hydrogen (secondary N) is 1. The highest BCUT2D eigenvalue weighted by Crippen LogP contribution is 2.28. The molecule has 0 unspecified atom stereocenters. The first-order valence-electron chi connectivity index (χ1n) is 5.80. The van der Waals surface area contributed by atoms with E-state index in [1.807, 2.05) is 13.0 Å². The standard InChI is InChI=1S/C12H10ClN5OS/c1-6-5-7-9(15-12(13)16-11(7)20-6)18-4-3-8(17-18)10(19)14-2/h3-5H,1-2H3,(H,14,19). The highest BCUT2D eigenvalue weighted by Gasteiger charge is 2.14. The third-order valence-corrected chi connectivity index (χ3v) is 3.85. The maximum Gasteiger partial charge on any atom is 0.271 e. The number of halogens is 1. The summed E-state index contributed by atoms with van der Waals surface area (Å²) in [5, 5.41) is 7.76. The Bertz CT molecular complexity index is 809. The first-order chi connectivity index (χ1) is 9.58. The van der Waals surface area contributed by atoms with E-state index in [-0.39, 0.29) is 11.2 Å². The van der Waals surface area contributed by atoms with Gasteiger partial charge in [-0.05, 0) is 30.7 Å². The molecule has 0 saturated heterocycles. The predicted molar refractivity (Wildman–Crippen MR) is 77.7 cm³/mol. The molecule has 3 rings (SSSR count). The smallest absolute Gasteiger partial charge is 0.271 e. The van der Waals surface area contributed by atoms with Crippen LogP contribution in [0, 0.1) is 6.92 Å². The van der Waals surface area contributed by atoms with Gasteiger partial charge >= 0.3 is 0 Å². The normalized spacial score (nSPS) is 10.9. The minimum atomic E-state index is -0.248. The lowest BCUT2D eigenvalue weighted by Crippen LogP contribution is -2.18.